The fraction of sp³-hybridized carbons (Fsp3) is 0.986. The van der Waals surface area contributed by atoms with E-state index in [4.69, 9.17) is 0 Å². The van der Waals surface area contributed by atoms with Crippen molar-refractivity contribution in [3.63, 3.8) is 0 Å². The van der Waals surface area contributed by atoms with E-state index in [1.54, 1.807) is 0 Å². The molecule has 0 aromatic heterocycles. The molecule has 0 aromatic carbocycles. The number of aliphatic hydroxyl groups is 3. The van der Waals surface area contributed by atoms with Crippen LogP contribution in [0, 0.1) is 0 Å². The summed E-state index contributed by atoms with van der Waals surface area (Å²) < 4.78 is 0. The summed E-state index contributed by atoms with van der Waals surface area (Å²) in [6, 6.07) is -0.709. The molecule has 0 rings (SSSR count). The maximum Gasteiger partial charge on any atom is 0.249 e. The Morgan fingerprint density at radius 2 is 0.432 bits per heavy atom. The number of aliphatic hydroxyl groups excluding tert-OH is 3. The molecule has 0 aliphatic carbocycles. The highest BCUT2D eigenvalue weighted by molar-refractivity contribution is 5.80. The number of rotatable bonds is 66. The first-order valence-electron chi connectivity index (χ1n) is 34.8. The van der Waals surface area contributed by atoms with Crippen LogP contribution in [0.1, 0.15) is 412 Å². The second-order valence-corrected chi connectivity index (χ2v) is 24.5. The highest BCUT2D eigenvalue weighted by atomic mass is 16.3. The highest BCUT2D eigenvalue weighted by Gasteiger charge is 2.23. The molecule has 0 radical (unpaired) electrons. The molecular weight excluding hydrogens is 907 g/mol. The molecule has 0 saturated carbocycles. The van der Waals surface area contributed by atoms with E-state index < -0.39 is 24.2 Å². The van der Waals surface area contributed by atoms with Crippen LogP contribution in [0.5, 0.6) is 0 Å². The number of carbonyl (C=O) groups excluding carboxylic acids is 1. The van der Waals surface area contributed by atoms with Crippen molar-refractivity contribution in [2.24, 2.45) is 0 Å². The highest BCUT2D eigenvalue weighted by Crippen LogP contribution is 2.20. The summed E-state index contributed by atoms with van der Waals surface area (Å²) >= 11 is 0. The molecule has 0 fully saturated rings. The molecular formula is C69H139NO4. The van der Waals surface area contributed by atoms with Crippen LogP contribution >= 0.6 is 0 Å². The van der Waals surface area contributed by atoms with Gasteiger partial charge in [0.05, 0.1) is 18.8 Å². The number of hydrogen-bond acceptors (Lipinski definition) is 4. The van der Waals surface area contributed by atoms with E-state index >= 15 is 0 Å². The Hall–Kier alpha value is -0.650. The van der Waals surface area contributed by atoms with E-state index in [1.807, 2.05) is 0 Å². The third-order valence-electron chi connectivity index (χ3n) is 17.0. The minimum Gasteiger partial charge on any atom is -0.394 e. The summed E-state index contributed by atoms with van der Waals surface area (Å²) in [5.74, 6) is -0.460. The van der Waals surface area contributed by atoms with Crippen LogP contribution < -0.4 is 5.32 Å². The van der Waals surface area contributed by atoms with Crippen LogP contribution in [0.25, 0.3) is 0 Å². The molecule has 1 amide bonds. The van der Waals surface area contributed by atoms with Crippen molar-refractivity contribution in [3.8, 4) is 0 Å². The van der Waals surface area contributed by atoms with Crippen LogP contribution in [0.2, 0.25) is 0 Å². The summed E-state index contributed by atoms with van der Waals surface area (Å²) in [4.78, 5) is 12.6. The second-order valence-electron chi connectivity index (χ2n) is 24.5. The lowest BCUT2D eigenvalue weighted by molar-refractivity contribution is -0.131. The van der Waals surface area contributed by atoms with E-state index in [0.717, 1.165) is 32.1 Å². The summed E-state index contributed by atoms with van der Waals surface area (Å²) in [6.07, 6.45) is 82.2. The predicted octanol–water partition coefficient (Wildman–Crippen LogP) is 22.4. The second kappa shape index (κ2) is 64.9. The third-order valence-corrected chi connectivity index (χ3v) is 17.0. The van der Waals surface area contributed by atoms with Gasteiger partial charge in [0, 0.05) is 0 Å². The monoisotopic (exact) mass is 1050 g/mol. The zero-order valence-electron chi connectivity index (χ0n) is 51.0. The Labute approximate surface area is 466 Å². The lowest BCUT2D eigenvalue weighted by Crippen LogP contribution is -2.49. The van der Waals surface area contributed by atoms with Gasteiger partial charge in [0.1, 0.15) is 6.10 Å². The van der Waals surface area contributed by atoms with Crippen molar-refractivity contribution in [1.82, 2.24) is 5.32 Å². The minimum atomic E-state index is -1.07. The summed E-state index contributed by atoms with van der Waals surface area (Å²) in [7, 11) is 0. The normalized spacial score (nSPS) is 13.0. The van der Waals surface area contributed by atoms with Crippen molar-refractivity contribution in [3.05, 3.63) is 0 Å². The molecule has 0 bridgehead atoms. The fourth-order valence-corrected chi connectivity index (χ4v) is 11.6. The number of amides is 1. The Kier molecular flexibility index (Phi) is 64.3. The van der Waals surface area contributed by atoms with Crippen LogP contribution in [-0.4, -0.2) is 46.1 Å². The van der Waals surface area contributed by atoms with Gasteiger partial charge in [-0.15, -0.1) is 0 Å². The standard InChI is InChI=1S/C69H139NO4/c1-3-5-7-9-11-13-15-17-19-21-23-25-27-28-29-30-31-32-33-34-35-36-37-38-39-40-41-42-44-46-48-50-52-54-56-58-60-62-64-68(73)69(74)70-66(65-71)67(72)63-61-59-57-55-53-51-49-47-45-43-26-24-22-20-18-16-14-12-10-8-6-4-2/h66-68,71-73H,3-65H2,1-2H3,(H,70,74). The van der Waals surface area contributed by atoms with Gasteiger partial charge in [-0.05, 0) is 12.8 Å². The van der Waals surface area contributed by atoms with Crippen LogP contribution in [0.15, 0.2) is 0 Å². The van der Waals surface area contributed by atoms with Gasteiger partial charge >= 0.3 is 0 Å². The molecule has 3 atom stereocenters. The zero-order valence-corrected chi connectivity index (χ0v) is 51.0. The van der Waals surface area contributed by atoms with Crippen molar-refractivity contribution in [1.29, 1.82) is 0 Å². The van der Waals surface area contributed by atoms with Gasteiger partial charge in [-0.25, -0.2) is 0 Å². The fourth-order valence-electron chi connectivity index (χ4n) is 11.6. The Morgan fingerprint density at radius 1 is 0.270 bits per heavy atom. The first-order chi connectivity index (χ1) is 36.6. The molecule has 444 valence electrons. The molecule has 0 aliphatic heterocycles. The topological polar surface area (TPSA) is 89.8 Å². The van der Waals surface area contributed by atoms with Crippen LogP contribution in [0.3, 0.4) is 0 Å². The van der Waals surface area contributed by atoms with Gasteiger partial charge in [0.2, 0.25) is 5.91 Å². The number of nitrogens with one attached hydrogen (secondary N) is 1. The lowest BCUT2D eigenvalue weighted by Gasteiger charge is -2.23. The average molecular weight is 1050 g/mol. The largest absolute Gasteiger partial charge is 0.394 e. The van der Waals surface area contributed by atoms with E-state index in [2.05, 4.69) is 19.2 Å². The lowest BCUT2D eigenvalue weighted by atomic mass is 10.0. The van der Waals surface area contributed by atoms with Gasteiger partial charge in [-0.1, -0.05) is 399 Å². The molecule has 0 spiro atoms. The molecule has 4 N–H and O–H groups in total. The van der Waals surface area contributed by atoms with E-state index in [9.17, 15) is 20.1 Å². The van der Waals surface area contributed by atoms with Gasteiger partial charge < -0.3 is 20.6 Å². The third kappa shape index (κ3) is 59.0. The first kappa shape index (κ1) is 73.3. The van der Waals surface area contributed by atoms with Gasteiger partial charge in [-0.2, -0.15) is 0 Å². The van der Waals surface area contributed by atoms with Gasteiger partial charge in [-0.3, -0.25) is 4.79 Å². The molecule has 74 heavy (non-hydrogen) atoms. The zero-order chi connectivity index (χ0) is 53.6. The van der Waals surface area contributed by atoms with Gasteiger partial charge in [0.25, 0.3) is 0 Å². The summed E-state index contributed by atoms with van der Waals surface area (Å²) in [6.45, 7) is 4.29. The quantitative estimate of drug-likeness (QED) is 0.0457. The van der Waals surface area contributed by atoms with E-state index in [1.165, 1.54) is 353 Å². The van der Waals surface area contributed by atoms with Crippen molar-refractivity contribution in [2.75, 3.05) is 6.61 Å². The summed E-state index contributed by atoms with van der Waals surface area (Å²) in [5.41, 5.74) is 0. The molecule has 0 heterocycles. The maximum atomic E-state index is 12.6. The molecule has 0 aliphatic rings. The number of unbranched alkanes of at least 4 members (excludes halogenated alkanes) is 58. The molecule has 5 nitrogen and oxygen atoms in total. The minimum absolute atomic E-state index is 0.307. The SMILES string of the molecule is CCCCCCCCCCCCCCCCCCCCCCCCCCCCCCCCCCCCCCCCC(O)C(=O)NC(CO)C(O)CCCCCCCCCCCCCCCCCCCCCCCC. The van der Waals surface area contributed by atoms with E-state index in [0.29, 0.717) is 12.8 Å². The molecule has 3 unspecified atom stereocenters. The van der Waals surface area contributed by atoms with Crippen molar-refractivity contribution >= 4 is 5.91 Å². The van der Waals surface area contributed by atoms with Gasteiger partial charge in [0.15, 0.2) is 0 Å². The Balaban J connectivity index is 3.40. The molecule has 5 heteroatoms. The van der Waals surface area contributed by atoms with Crippen LogP contribution in [-0.2, 0) is 4.79 Å². The van der Waals surface area contributed by atoms with E-state index in [-0.39, 0.29) is 6.61 Å². The first-order valence-corrected chi connectivity index (χ1v) is 34.8. The predicted molar refractivity (Wildman–Crippen MR) is 329 cm³/mol. The smallest absolute Gasteiger partial charge is 0.249 e. The van der Waals surface area contributed by atoms with Crippen molar-refractivity contribution < 1.29 is 20.1 Å². The van der Waals surface area contributed by atoms with Crippen molar-refractivity contribution in [2.45, 2.75) is 430 Å². The average Bonchev–Trinajstić information content (AvgIpc) is 3.41. The Bertz CT molecular complexity index is 1020. The molecule has 0 aromatic rings. The number of carbonyl (C=O) groups is 1. The molecule has 0 saturated heterocycles. The maximum absolute atomic E-state index is 12.6. The summed E-state index contributed by atoms with van der Waals surface area (Å²) in [5, 5.41) is 33.7. The number of hydrogen-bond donors (Lipinski definition) is 4. The Morgan fingerprint density at radius 3 is 0.608 bits per heavy atom. The van der Waals surface area contributed by atoms with Crippen LogP contribution in [0.4, 0.5) is 0 Å².